The van der Waals surface area contributed by atoms with Crippen LogP contribution in [-0.4, -0.2) is 36.3 Å². The Labute approximate surface area is 119 Å². The fourth-order valence-corrected chi connectivity index (χ4v) is 1.96. The Bertz CT molecular complexity index is 530. The molecule has 0 spiro atoms. The van der Waals surface area contributed by atoms with Gasteiger partial charge in [0, 0.05) is 30.6 Å². The van der Waals surface area contributed by atoms with Crippen molar-refractivity contribution in [2.75, 3.05) is 12.8 Å². The minimum absolute atomic E-state index is 0.284. The molecule has 3 N–H and O–H groups in total. The van der Waals surface area contributed by atoms with E-state index in [1.807, 2.05) is 27.7 Å². The molecular weight excluding hydrogens is 257 g/mol. The summed E-state index contributed by atoms with van der Waals surface area (Å²) in [5, 5.41) is 2.53. The second kappa shape index (κ2) is 4.75. The molecule has 0 bridgehead atoms. The summed E-state index contributed by atoms with van der Waals surface area (Å²) in [7, 11) is 0.917. The zero-order chi connectivity index (χ0) is 15.1. The third-order valence-corrected chi connectivity index (χ3v) is 4.00. The van der Waals surface area contributed by atoms with E-state index in [2.05, 4.69) is 10.3 Å². The first-order valence-electron chi connectivity index (χ1n) is 6.50. The van der Waals surface area contributed by atoms with Gasteiger partial charge in [0.25, 0.3) is 5.91 Å². The van der Waals surface area contributed by atoms with Crippen LogP contribution in [0.4, 0.5) is 5.69 Å². The lowest BCUT2D eigenvalue weighted by Gasteiger charge is -2.32. The van der Waals surface area contributed by atoms with Gasteiger partial charge in [-0.05, 0) is 27.7 Å². The average Bonchev–Trinajstić information content (AvgIpc) is 2.57. The molecule has 1 aromatic heterocycles. The summed E-state index contributed by atoms with van der Waals surface area (Å²) in [5.74, 6) is -0.284. The van der Waals surface area contributed by atoms with Crippen LogP contribution in [0.1, 0.15) is 38.1 Å². The molecule has 0 unspecified atom stereocenters. The molecule has 1 aromatic rings. The van der Waals surface area contributed by atoms with Gasteiger partial charge in [-0.2, -0.15) is 0 Å². The first-order valence-corrected chi connectivity index (χ1v) is 6.50. The molecule has 0 radical (unpaired) electrons. The molecule has 7 heteroatoms. The predicted octanol–water partition coefficient (Wildman–Crippen LogP) is 0.323. The maximum absolute atomic E-state index is 11.7. The van der Waals surface area contributed by atoms with Gasteiger partial charge in [0.1, 0.15) is 0 Å². The summed E-state index contributed by atoms with van der Waals surface area (Å²) in [6.07, 6.45) is 3.01. The third-order valence-electron chi connectivity index (χ3n) is 4.00. The van der Waals surface area contributed by atoms with Crippen molar-refractivity contribution < 1.29 is 14.1 Å². The van der Waals surface area contributed by atoms with E-state index in [-0.39, 0.29) is 5.91 Å². The highest BCUT2D eigenvalue weighted by Gasteiger charge is 2.52. The smallest absolute Gasteiger partial charge is 0.399 e. The largest absolute Gasteiger partial charge is 0.498 e. The van der Waals surface area contributed by atoms with Crippen molar-refractivity contribution in [2.45, 2.75) is 38.9 Å². The van der Waals surface area contributed by atoms with E-state index in [0.29, 0.717) is 16.7 Å². The molecule has 2 heterocycles. The van der Waals surface area contributed by atoms with E-state index in [4.69, 9.17) is 15.0 Å². The molecule has 1 fully saturated rings. The molecular formula is C13H20BN3O3. The number of nitrogens with zero attached hydrogens (tertiary/aromatic N) is 1. The van der Waals surface area contributed by atoms with E-state index >= 15 is 0 Å². The molecule has 108 valence electrons. The van der Waals surface area contributed by atoms with Crippen LogP contribution in [0, 0.1) is 0 Å². The molecule has 0 aliphatic carbocycles. The Kier molecular flexibility index (Phi) is 3.52. The standard InChI is InChI=1S/C13H20BN3O3/c1-12(2)13(3,4)20-14(19-12)9-7-17-6-8(10(9)15)11(18)16-5/h6-7H,1-5H3,(H2,15,17)(H,16,18). The number of hydrogen-bond acceptors (Lipinski definition) is 5. The van der Waals surface area contributed by atoms with Gasteiger partial charge >= 0.3 is 7.12 Å². The number of nitrogens with one attached hydrogen (secondary N) is 1. The zero-order valence-corrected chi connectivity index (χ0v) is 12.5. The average molecular weight is 277 g/mol. The number of nitrogens with two attached hydrogens (primary N) is 1. The number of aromatic nitrogens is 1. The van der Waals surface area contributed by atoms with Crippen molar-refractivity contribution >= 4 is 24.2 Å². The lowest BCUT2D eigenvalue weighted by Crippen LogP contribution is -2.41. The molecule has 1 aliphatic rings. The quantitative estimate of drug-likeness (QED) is 0.760. The second-order valence-corrected chi connectivity index (χ2v) is 5.86. The second-order valence-electron chi connectivity index (χ2n) is 5.86. The van der Waals surface area contributed by atoms with Crippen LogP contribution in [0.25, 0.3) is 0 Å². The Morgan fingerprint density at radius 3 is 2.30 bits per heavy atom. The van der Waals surface area contributed by atoms with Crippen LogP contribution >= 0.6 is 0 Å². The summed E-state index contributed by atoms with van der Waals surface area (Å²) in [6, 6.07) is 0. The molecule has 6 nitrogen and oxygen atoms in total. The Morgan fingerprint density at radius 1 is 1.25 bits per heavy atom. The Hall–Kier alpha value is -1.60. The van der Waals surface area contributed by atoms with Crippen molar-refractivity contribution in [3.63, 3.8) is 0 Å². The number of rotatable bonds is 2. The maximum atomic E-state index is 11.7. The lowest BCUT2D eigenvalue weighted by atomic mass is 9.78. The van der Waals surface area contributed by atoms with Gasteiger partial charge < -0.3 is 20.4 Å². The number of carbonyl (C=O) groups excluding carboxylic acids is 1. The SMILES string of the molecule is CNC(=O)c1cncc(B2OC(C)(C)C(C)(C)O2)c1N. The Morgan fingerprint density at radius 2 is 1.80 bits per heavy atom. The molecule has 1 aliphatic heterocycles. The minimum Gasteiger partial charge on any atom is -0.399 e. The van der Waals surface area contributed by atoms with Crippen LogP contribution in [0.3, 0.4) is 0 Å². The number of hydrogen-bond donors (Lipinski definition) is 2. The van der Waals surface area contributed by atoms with E-state index in [1.54, 1.807) is 13.2 Å². The molecule has 2 rings (SSSR count). The molecule has 1 saturated heterocycles. The van der Waals surface area contributed by atoms with Crippen LogP contribution in [0.15, 0.2) is 12.4 Å². The number of carbonyl (C=O) groups is 1. The molecule has 0 saturated carbocycles. The maximum Gasteiger partial charge on any atom is 0.498 e. The van der Waals surface area contributed by atoms with Gasteiger partial charge in [0.2, 0.25) is 0 Å². The number of amides is 1. The molecule has 0 atom stereocenters. The molecule has 0 aromatic carbocycles. The highest BCUT2D eigenvalue weighted by atomic mass is 16.7. The van der Waals surface area contributed by atoms with Gasteiger partial charge in [-0.1, -0.05) is 0 Å². The van der Waals surface area contributed by atoms with Gasteiger partial charge in [-0.15, -0.1) is 0 Å². The summed E-state index contributed by atoms with van der Waals surface area (Å²) in [5.41, 5.74) is 6.35. The van der Waals surface area contributed by atoms with Crippen molar-refractivity contribution in [1.29, 1.82) is 0 Å². The van der Waals surface area contributed by atoms with Crippen molar-refractivity contribution in [3.8, 4) is 0 Å². The van der Waals surface area contributed by atoms with Crippen LogP contribution in [0.5, 0.6) is 0 Å². The topological polar surface area (TPSA) is 86.5 Å². The van der Waals surface area contributed by atoms with Crippen molar-refractivity contribution in [3.05, 3.63) is 18.0 Å². The monoisotopic (exact) mass is 277 g/mol. The van der Waals surface area contributed by atoms with Gasteiger partial charge in [0.05, 0.1) is 16.8 Å². The van der Waals surface area contributed by atoms with E-state index in [9.17, 15) is 4.79 Å². The highest BCUT2D eigenvalue weighted by molar-refractivity contribution is 6.64. The fraction of sp³-hybridized carbons (Fsp3) is 0.538. The summed E-state index contributed by atoms with van der Waals surface area (Å²) in [6.45, 7) is 7.83. The zero-order valence-electron chi connectivity index (χ0n) is 12.5. The fourth-order valence-electron chi connectivity index (χ4n) is 1.96. The number of nitrogen functional groups attached to an aromatic ring is 1. The van der Waals surface area contributed by atoms with E-state index in [1.165, 1.54) is 6.20 Å². The minimum atomic E-state index is -0.628. The van der Waals surface area contributed by atoms with E-state index < -0.39 is 18.3 Å². The van der Waals surface area contributed by atoms with Crippen LogP contribution < -0.4 is 16.5 Å². The van der Waals surface area contributed by atoms with Crippen LogP contribution in [-0.2, 0) is 9.31 Å². The number of pyridine rings is 1. The predicted molar refractivity (Wildman–Crippen MR) is 77.8 cm³/mol. The Balaban J connectivity index is 2.39. The van der Waals surface area contributed by atoms with Gasteiger partial charge in [-0.25, -0.2) is 0 Å². The third kappa shape index (κ3) is 2.27. The normalized spacial score (nSPS) is 19.9. The first-order chi connectivity index (χ1) is 9.19. The first kappa shape index (κ1) is 14.8. The van der Waals surface area contributed by atoms with Crippen molar-refractivity contribution in [2.24, 2.45) is 0 Å². The summed E-state index contributed by atoms with van der Waals surface area (Å²) >= 11 is 0. The van der Waals surface area contributed by atoms with Gasteiger partial charge in [-0.3, -0.25) is 9.78 Å². The van der Waals surface area contributed by atoms with E-state index in [0.717, 1.165) is 0 Å². The number of anilines is 1. The molecule has 20 heavy (non-hydrogen) atoms. The van der Waals surface area contributed by atoms with Gasteiger partial charge in [0.15, 0.2) is 0 Å². The lowest BCUT2D eigenvalue weighted by molar-refractivity contribution is 0.00578. The molecule has 1 amide bonds. The summed E-state index contributed by atoms with van der Waals surface area (Å²) < 4.78 is 11.9. The highest BCUT2D eigenvalue weighted by Crippen LogP contribution is 2.36. The van der Waals surface area contributed by atoms with Crippen molar-refractivity contribution in [1.82, 2.24) is 10.3 Å². The van der Waals surface area contributed by atoms with Crippen LogP contribution in [0.2, 0.25) is 0 Å². The summed E-state index contributed by atoms with van der Waals surface area (Å²) in [4.78, 5) is 15.8.